The molecule has 11 atom stereocenters. The molecule has 16 nitrogen and oxygen atoms in total. The Morgan fingerprint density at radius 2 is 1.46 bits per heavy atom. The standard InChI is InChI=1S/C61H97NO15Si2/c1-21-25-31-47(64)72-50-48-40(13)44(71-55(67)49(77-79(37(7)8,38(9)10)39(11)12)43(32-36(5)6)62-56(68)75-57(15,16)17)34-61(69,58(48,18)19)53(73-54(66)42-29-27-26-28-30-42)51-59(20,52(50)65)45(76-78(22-2,23-3)24-4)33-46-60(51,35-70-46)74-41(14)63/h26-30,32,37-39,43-46,49-51,53,69H,21-25,31,33-35H2,1-20H3,(H,62,68)/t43-,44-,45-,46+,49+,50+,51-,53-,59+,60-,61+/m0/s1. The van der Waals surface area contributed by atoms with Crippen LogP contribution in [0.2, 0.25) is 34.8 Å². The highest BCUT2D eigenvalue weighted by Crippen LogP contribution is 2.65. The van der Waals surface area contributed by atoms with Gasteiger partial charge in [-0.15, -0.1) is 0 Å². The van der Waals surface area contributed by atoms with Gasteiger partial charge in [-0.2, -0.15) is 0 Å². The van der Waals surface area contributed by atoms with Gasteiger partial charge in [-0.25, -0.2) is 14.4 Å². The average Bonchev–Trinajstić information content (AvgIpc) is 2.85. The predicted molar refractivity (Wildman–Crippen MR) is 307 cm³/mol. The van der Waals surface area contributed by atoms with Crippen molar-refractivity contribution in [3.05, 3.63) is 58.7 Å². The topological polar surface area (TPSA) is 209 Å². The Morgan fingerprint density at radius 1 is 0.873 bits per heavy atom. The van der Waals surface area contributed by atoms with Crippen LogP contribution in [0, 0.1) is 16.7 Å². The van der Waals surface area contributed by atoms with E-state index in [0.717, 1.165) is 5.57 Å². The third-order valence-electron chi connectivity index (χ3n) is 18.2. The normalized spacial score (nSPS) is 28.5. The number of unbranched alkanes of at least 4 members (excludes halogenated alkanes) is 1. The highest BCUT2D eigenvalue weighted by Gasteiger charge is 2.79. The quantitative estimate of drug-likeness (QED) is 0.0479. The van der Waals surface area contributed by atoms with Crippen LogP contribution in [0.1, 0.15) is 181 Å². The lowest BCUT2D eigenvalue weighted by Gasteiger charge is -2.68. The number of rotatable bonds is 22. The van der Waals surface area contributed by atoms with Crippen LogP contribution in [-0.4, -0.2) is 124 Å². The van der Waals surface area contributed by atoms with Gasteiger partial charge in [-0.1, -0.05) is 119 Å². The lowest BCUT2D eigenvalue weighted by atomic mass is 9.44. The number of fused-ring (bicyclic) bond motifs is 5. The molecule has 2 N–H and O–H groups in total. The van der Waals surface area contributed by atoms with Crippen LogP contribution in [0.25, 0.3) is 0 Å². The summed E-state index contributed by atoms with van der Waals surface area (Å²) in [6.45, 7) is 37.3. The van der Waals surface area contributed by atoms with Gasteiger partial charge in [0.1, 0.15) is 29.5 Å². The van der Waals surface area contributed by atoms with E-state index in [0.29, 0.717) is 36.5 Å². The van der Waals surface area contributed by atoms with E-state index in [4.69, 9.17) is 37.3 Å². The van der Waals surface area contributed by atoms with E-state index in [1.54, 1.807) is 84.9 Å². The number of hydrogen-bond donors (Lipinski definition) is 2. The van der Waals surface area contributed by atoms with E-state index in [2.05, 4.69) is 67.6 Å². The molecular weight excluding hydrogens is 1040 g/mol. The molecule has 5 rings (SSSR count). The van der Waals surface area contributed by atoms with Crippen molar-refractivity contribution in [3.8, 4) is 0 Å². The van der Waals surface area contributed by atoms with Crippen LogP contribution in [-0.2, 0) is 56.5 Å². The first-order valence-electron chi connectivity index (χ1n) is 29.1. The number of nitrogens with one attached hydrogen (secondary N) is 1. The smallest absolute Gasteiger partial charge is 0.408 e. The van der Waals surface area contributed by atoms with Crippen LogP contribution in [0.15, 0.2) is 53.1 Å². The van der Waals surface area contributed by atoms with Gasteiger partial charge in [0.05, 0.1) is 35.6 Å². The second kappa shape index (κ2) is 25.1. The Bertz CT molecular complexity index is 2410. The van der Waals surface area contributed by atoms with Crippen LogP contribution in [0.5, 0.6) is 0 Å². The van der Waals surface area contributed by atoms with Crippen LogP contribution < -0.4 is 5.32 Å². The lowest BCUT2D eigenvalue weighted by molar-refractivity contribution is -0.344. The highest BCUT2D eigenvalue weighted by molar-refractivity contribution is 6.77. The maximum atomic E-state index is 16.9. The number of Topliss-reactive ketones (excluding diaryl/α,β-unsaturated/α-hetero) is 1. The van der Waals surface area contributed by atoms with Crippen LogP contribution in [0.3, 0.4) is 0 Å². The number of carbonyl (C=O) groups excluding carboxylic acids is 6. The molecule has 1 amide bonds. The van der Waals surface area contributed by atoms with Crippen molar-refractivity contribution in [2.45, 2.75) is 265 Å². The summed E-state index contributed by atoms with van der Waals surface area (Å²) in [6.07, 6.45) is -6.52. The minimum Gasteiger partial charge on any atom is -0.456 e. The van der Waals surface area contributed by atoms with Gasteiger partial charge >= 0.3 is 30.0 Å². The highest BCUT2D eigenvalue weighted by atomic mass is 28.4. The molecule has 3 fully saturated rings. The molecule has 0 radical (unpaired) electrons. The van der Waals surface area contributed by atoms with E-state index in [9.17, 15) is 19.5 Å². The first kappa shape index (κ1) is 65.6. The summed E-state index contributed by atoms with van der Waals surface area (Å²) >= 11 is 0. The molecule has 3 aliphatic carbocycles. The second-order valence-electron chi connectivity index (χ2n) is 25.8. The molecule has 2 saturated carbocycles. The molecule has 2 bridgehead atoms. The second-order valence-corrected chi connectivity index (χ2v) is 35.9. The Kier molecular flexibility index (Phi) is 20.9. The SMILES string of the molecule is CCCCC(=O)O[C@H]1C(=O)[C@]2(C)[C@@H](O[Si](CC)(CC)CC)C[C@H]3OC[C@@]3(OC(C)=O)[C@H]2[C@H](OC(=O)c2ccccc2)[C@]2(O)C[C@H](OC(=O)[C@H](O[Si](C(C)C)(C(C)C)C(C)C)[C@H](C=C(C)C)NC(=O)OC(C)(C)C)C(C)=C1C2(C)C. The maximum absolute atomic E-state index is 16.9. The van der Waals surface area contributed by atoms with Gasteiger partial charge in [0, 0.05) is 31.6 Å². The van der Waals surface area contributed by atoms with Gasteiger partial charge in [0.25, 0.3) is 0 Å². The number of aliphatic hydroxyl groups is 1. The van der Waals surface area contributed by atoms with E-state index in [-0.39, 0.29) is 47.2 Å². The summed E-state index contributed by atoms with van der Waals surface area (Å²) in [4.78, 5) is 89.6. The third-order valence-corrected chi connectivity index (χ3v) is 29.0. The van der Waals surface area contributed by atoms with Gasteiger partial charge in [0.2, 0.25) is 8.32 Å². The summed E-state index contributed by atoms with van der Waals surface area (Å²) in [6, 6.07) is 9.23. The van der Waals surface area contributed by atoms with Crippen molar-refractivity contribution in [2.75, 3.05) is 6.61 Å². The molecule has 1 aliphatic heterocycles. The fraction of sp³-hybridized carbons (Fsp3) is 0.738. The Morgan fingerprint density at radius 3 is 1.94 bits per heavy atom. The maximum Gasteiger partial charge on any atom is 0.408 e. The number of benzene rings is 1. The van der Waals surface area contributed by atoms with E-state index in [1.165, 1.54) is 6.92 Å². The van der Waals surface area contributed by atoms with Crippen molar-refractivity contribution in [3.63, 3.8) is 0 Å². The monoisotopic (exact) mass is 1140 g/mol. The van der Waals surface area contributed by atoms with Crippen LogP contribution >= 0.6 is 0 Å². The summed E-state index contributed by atoms with van der Waals surface area (Å²) in [5.41, 5.74) is -7.10. The first-order chi connectivity index (χ1) is 36.6. The molecular formula is C61H97NO15Si2. The van der Waals surface area contributed by atoms with Gasteiger partial charge in [-0.3, -0.25) is 14.4 Å². The van der Waals surface area contributed by atoms with Crippen molar-refractivity contribution in [1.82, 2.24) is 5.32 Å². The minimum absolute atomic E-state index is 0.0272. The van der Waals surface area contributed by atoms with Crippen molar-refractivity contribution >= 4 is 52.4 Å². The first-order valence-corrected chi connectivity index (χ1v) is 33.7. The van der Waals surface area contributed by atoms with Gasteiger partial charge in [-0.05, 0) is 113 Å². The molecule has 4 aliphatic rings. The van der Waals surface area contributed by atoms with Crippen molar-refractivity contribution < 1.29 is 71.1 Å². The summed E-state index contributed by atoms with van der Waals surface area (Å²) in [7, 11) is -5.70. The number of amides is 1. The van der Waals surface area contributed by atoms with Crippen molar-refractivity contribution in [2.24, 2.45) is 16.7 Å². The number of ether oxygens (including phenoxy) is 6. The van der Waals surface area contributed by atoms with Gasteiger partial charge < -0.3 is 47.7 Å². The zero-order valence-electron chi connectivity index (χ0n) is 51.3. The van der Waals surface area contributed by atoms with Gasteiger partial charge in [0.15, 0.2) is 31.9 Å². The minimum atomic E-state index is -3.03. The predicted octanol–water partition coefficient (Wildman–Crippen LogP) is 11.8. The Hall–Kier alpha value is -4.21. The largest absolute Gasteiger partial charge is 0.456 e. The molecule has 1 aromatic rings. The van der Waals surface area contributed by atoms with E-state index in [1.807, 2.05) is 20.8 Å². The number of hydrogen-bond acceptors (Lipinski definition) is 15. The molecule has 0 spiro atoms. The van der Waals surface area contributed by atoms with E-state index < -0.39 is 135 Å². The Labute approximate surface area is 473 Å². The molecule has 1 aromatic carbocycles. The number of ketones is 1. The van der Waals surface area contributed by atoms with Crippen molar-refractivity contribution in [1.29, 1.82) is 0 Å². The zero-order valence-corrected chi connectivity index (χ0v) is 53.3. The number of alkyl carbamates (subject to hydrolysis) is 1. The number of esters is 4. The fourth-order valence-electron chi connectivity index (χ4n) is 13.9. The molecule has 0 unspecified atom stereocenters. The average molecular weight is 1140 g/mol. The molecule has 444 valence electrons. The molecule has 18 heteroatoms. The summed E-state index contributed by atoms with van der Waals surface area (Å²) in [5.74, 6) is -5.11. The lowest BCUT2D eigenvalue weighted by Crippen LogP contribution is -2.82. The molecule has 1 heterocycles. The third kappa shape index (κ3) is 12.7. The number of carbonyl (C=O) groups is 6. The van der Waals surface area contributed by atoms with E-state index >= 15 is 14.4 Å². The van der Waals surface area contributed by atoms with Crippen LogP contribution in [0.4, 0.5) is 4.79 Å². The summed E-state index contributed by atoms with van der Waals surface area (Å²) in [5, 5.41) is 17.5. The Balaban J connectivity index is 1.92. The zero-order chi connectivity index (χ0) is 59.6. The number of allylic oxidation sites excluding steroid dienone is 1. The molecule has 0 aromatic heterocycles. The fourth-order valence-corrected chi connectivity index (χ4v) is 22.4. The summed E-state index contributed by atoms with van der Waals surface area (Å²) < 4.78 is 53.7. The molecule has 79 heavy (non-hydrogen) atoms. The molecule has 1 saturated heterocycles.